The third kappa shape index (κ3) is 4.30. The lowest BCUT2D eigenvalue weighted by Gasteiger charge is -2.16. The van der Waals surface area contributed by atoms with Gasteiger partial charge in [-0.3, -0.25) is 19.6 Å². The number of hydrogen-bond donors (Lipinski definition) is 5. The molecule has 1 aromatic heterocycles. The number of aryl methyl sites for hydroxylation is 1. The van der Waals surface area contributed by atoms with Gasteiger partial charge in [-0.15, -0.1) is 0 Å². The van der Waals surface area contributed by atoms with Crippen LogP contribution in [-0.2, 0) is 27.2 Å². The second kappa shape index (κ2) is 8.97. The maximum Gasteiger partial charge on any atom is 0.414 e. The fraction of sp³-hybridized carbons (Fsp3) is 0.429. The van der Waals surface area contributed by atoms with Crippen molar-refractivity contribution in [1.82, 2.24) is 15.5 Å². The summed E-state index contributed by atoms with van der Waals surface area (Å²) in [5, 5.41) is 30.8. The Morgan fingerprint density at radius 1 is 1.38 bits per heavy atom. The van der Waals surface area contributed by atoms with Crippen molar-refractivity contribution in [3.8, 4) is 11.3 Å². The number of rotatable bonds is 6. The molecule has 3 amide bonds. The van der Waals surface area contributed by atoms with E-state index in [0.29, 0.717) is 24.5 Å². The lowest BCUT2D eigenvalue weighted by atomic mass is 10.0. The van der Waals surface area contributed by atoms with E-state index in [4.69, 9.17) is 9.84 Å². The summed E-state index contributed by atoms with van der Waals surface area (Å²) in [7, 11) is 0. The summed E-state index contributed by atoms with van der Waals surface area (Å²) in [4.78, 5) is 37.0. The van der Waals surface area contributed by atoms with E-state index in [-0.39, 0.29) is 12.5 Å². The molecule has 11 nitrogen and oxygen atoms in total. The predicted octanol–water partition coefficient (Wildman–Crippen LogP) is 0.318. The van der Waals surface area contributed by atoms with E-state index in [2.05, 4.69) is 20.8 Å². The van der Waals surface area contributed by atoms with Gasteiger partial charge < -0.3 is 25.6 Å². The number of cyclic esters (lactones) is 1. The van der Waals surface area contributed by atoms with Crippen LogP contribution in [0, 0.1) is 0 Å². The number of nitrogens with one attached hydrogen (secondary N) is 3. The number of benzene rings is 1. The summed E-state index contributed by atoms with van der Waals surface area (Å²) < 4.78 is 5.35. The van der Waals surface area contributed by atoms with Crippen LogP contribution in [0.5, 0.6) is 0 Å². The van der Waals surface area contributed by atoms with Gasteiger partial charge in [-0.25, -0.2) is 4.79 Å². The highest BCUT2D eigenvalue weighted by Crippen LogP contribution is 2.37. The van der Waals surface area contributed by atoms with Crippen molar-refractivity contribution in [2.45, 2.75) is 38.4 Å². The maximum atomic E-state index is 12.3. The lowest BCUT2D eigenvalue weighted by Crippen LogP contribution is -2.33. The highest BCUT2D eigenvalue weighted by molar-refractivity contribution is 5.95. The molecule has 1 fully saturated rings. The number of aliphatic hydroxyl groups excluding tert-OH is 2. The molecule has 2 heterocycles. The van der Waals surface area contributed by atoms with Crippen molar-refractivity contribution < 1.29 is 29.3 Å². The van der Waals surface area contributed by atoms with Crippen LogP contribution >= 0.6 is 0 Å². The number of aliphatic hydroxyl groups is 2. The molecule has 0 bridgehead atoms. The van der Waals surface area contributed by atoms with Gasteiger partial charge in [0.05, 0.1) is 25.4 Å². The Hall–Kier alpha value is -3.44. The lowest BCUT2D eigenvalue weighted by molar-refractivity contribution is -0.125. The highest BCUT2D eigenvalue weighted by Gasteiger charge is 2.33. The zero-order valence-corrected chi connectivity index (χ0v) is 17.6. The van der Waals surface area contributed by atoms with E-state index in [0.717, 1.165) is 35.2 Å². The largest absolute Gasteiger partial charge is 0.442 e. The van der Waals surface area contributed by atoms with E-state index in [1.807, 2.05) is 18.2 Å². The summed E-state index contributed by atoms with van der Waals surface area (Å²) in [6.07, 6.45) is -0.169. The zero-order valence-electron chi connectivity index (χ0n) is 17.6. The first-order chi connectivity index (χ1) is 15.4. The van der Waals surface area contributed by atoms with Gasteiger partial charge in [-0.05, 0) is 37.0 Å². The molecule has 0 saturated carbocycles. The van der Waals surface area contributed by atoms with Crippen molar-refractivity contribution in [2.24, 2.45) is 0 Å². The molecule has 0 spiro atoms. The van der Waals surface area contributed by atoms with E-state index in [9.17, 15) is 19.5 Å². The molecular weight excluding hydrogens is 418 g/mol. The Balaban J connectivity index is 1.56. The van der Waals surface area contributed by atoms with Crippen molar-refractivity contribution in [3.63, 3.8) is 0 Å². The fourth-order valence-electron chi connectivity index (χ4n) is 3.97. The van der Waals surface area contributed by atoms with Crippen molar-refractivity contribution in [3.05, 3.63) is 29.3 Å². The average molecular weight is 443 g/mol. The SMILES string of the molecule is CC(=O)NC[C@H]1CN(c2ccc3c(c2)CCCc2c(NC(=O)[C@@H](O)CO)n[nH]c2-3)C(=O)O1. The highest BCUT2D eigenvalue weighted by atomic mass is 16.6. The zero-order chi connectivity index (χ0) is 22.8. The second-order valence-corrected chi connectivity index (χ2v) is 7.86. The first-order valence-corrected chi connectivity index (χ1v) is 10.4. The Kier molecular flexibility index (Phi) is 6.10. The Morgan fingerprint density at radius 3 is 2.94 bits per heavy atom. The van der Waals surface area contributed by atoms with Gasteiger partial charge in [0.1, 0.15) is 6.10 Å². The number of fused-ring (bicyclic) bond motifs is 3. The summed E-state index contributed by atoms with van der Waals surface area (Å²) in [5.74, 6) is -0.567. The van der Waals surface area contributed by atoms with Crippen LogP contribution in [0.2, 0.25) is 0 Å². The molecule has 170 valence electrons. The van der Waals surface area contributed by atoms with Crippen molar-refractivity contribution in [1.29, 1.82) is 0 Å². The van der Waals surface area contributed by atoms with Gasteiger partial charge in [0.15, 0.2) is 11.9 Å². The Bertz CT molecular complexity index is 1050. The van der Waals surface area contributed by atoms with E-state index in [1.54, 1.807) is 4.90 Å². The summed E-state index contributed by atoms with van der Waals surface area (Å²) in [5.41, 5.74) is 4.24. The van der Waals surface area contributed by atoms with Crippen molar-refractivity contribution >= 4 is 29.4 Å². The number of aromatic nitrogens is 2. The molecule has 2 atom stereocenters. The number of anilines is 2. The molecule has 4 rings (SSSR count). The van der Waals surface area contributed by atoms with Crippen molar-refractivity contribution in [2.75, 3.05) is 29.9 Å². The molecule has 2 aliphatic rings. The quantitative estimate of drug-likeness (QED) is 0.430. The van der Waals surface area contributed by atoms with Gasteiger partial charge in [0, 0.05) is 23.7 Å². The summed E-state index contributed by atoms with van der Waals surface area (Å²) in [6, 6.07) is 5.67. The van der Waals surface area contributed by atoms with E-state index in [1.165, 1.54) is 6.92 Å². The molecule has 1 aromatic carbocycles. The van der Waals surface area contributed by atoms with Gasteiger partial charge in [-0.2, -0.15) is 5.10 Å². The third-order valence-electron chi connectivity index (χ3n) is 5.58. The molecule has 1 aliphatic carbocycles. The van der Waals surface area contributed by atoms with Gasteiger partial charge in [0.2, 0.25) is 5.91 Å². The first kappa shape index (κ1) is 21.8. The fourth-order valence-corrected chi connectivity index (χ4v) is 3.97. The van der Waals surface area contributed by atoms with Crippen LogP contribution in [-0.4, -0.2) is 70.2 Å². The number of nitrogens with zero attached hydrogens (tertiary/aromatic N) is 2. The summed E-state index contributed by atoms with van der Waals surface area (Å²) >= 11 is 0. The third-order valence-corrected chi connectivity index (χ3v) is 5.58. The minimum Gasteiger partial charge on any atom is -0.442 e. The van der Waals surface area contributed by atoms with Gasteiger partial charge >= 0.3 is 6.09 Å². The molecular formula is C21H25N5O6. The molecule has 1 saturated heterocycles. The Labute approximate surface area is 183 Å². The number of carbonyl (C=O) groups is 3. The average Bonchev–Trinajstić information content (AvgIpc) is 3.29. The molecule has 0 unspecified atom stereocenters. The number of hydrogen-bond acceptors (Lipinski definition) is 7. The number of aromatic amines is 1. The van der Waals surface area contributed by atoms with Crippen LogP contribution in [0.25, 0.3) is 11.3 Å². The minimum absolute atomic E-state index is 0.179. The number of ether oxygens (including phenoxy) is 1. The van der Waals surface area contributed by atoms with Gasteiger partial charge in [0.25, 0.3) is 5.91 Å². The number of amides is 3. The molecule has 5 N–H and O–H groups in total. The Morgan fingerprint density at radius 2 is 2.19 bits per heavy atom. The maximum absolute atomic E-state index is 12.3. The normalized spacial score (nSPS) is 18.3. The van der Waals surface area contributed by atoms with Crippen LogP contribution in [0.4, 0.5) is 16.3 Å². The predicted molar refractivity (Wildman–Crippen MR) is 114 cm³/mol. The minimum atomic E-state index is -1.52. The van der Waals surface area contributed by atoms with Crippen LogP contribution in [0.15, 0.2) is 18.2 Å². The second-order valence-electron chi connectivity index (χ2n) is 7.86. The van der Waals surface area contributed by atoms with E-state index >= 15 is 0 Å². The van der Waals surface area contributed by atoms with Crippen LogP contribution in [0.1, 0.15) is 24.5 Å². The topological polar surface area (TPSA) is 157 Å². The molecule has 0 radical (unpaired) electrons. The molecule has 32 heavy (non-hydrogen) atoms. The smallest absolute Gasteiger partial charge is 0.414 e. The number of H-pyrrole nitrogens is 1. The van der Waals surface area contributed by atoms with Gasteiger partial charge in [-0.1, -0.05) is 6.07 Å². The molecule has 1 aliphatic heterocycles. The van der Waals surface area contributed by atoms with E-state index < -0.39 is 30.8 Å². The summed E-state index contributed by atoms with van der Waals surface area (Å²) in [6.45, 7) is 1.35. The monoisotopic (exact) mass is 443 g/mol. The first-order valence-electron chi connectivity index (χ1n) is 10.4. The molecule has 11 heteroatoms. The number of carbonyl (C=O) groups excluding carboxylic acids is 3. The van der Waals surface area contributed by atoms with Crippen LogP contribution < -0.4 is 15.5 Å². The van der Waals surface area contributed by atoms with Crippen LogP contribution in [0.3, 0.4) is 0 Å². The standard InChI is InChI=1S/C21H25N5O6/c1-11(28)22-8-14-9-26(21(31)32-14)13-5-6-15-12(7-13)3-2-4-16-18(15)24-25-19(16)23-20(30)17(29)10-27/h5-7,14,17,27,29H,2-4,8-10H2,1H3,(H,22,28)(H2,23,24,25,30)/t14-,17-/m0/s1. The molecule has 2 aromatic rings.